The van der Waals surface area contributed by atoms with E-state index in [1.54, 1.807) is 6.20 Å². The zero-order valence-corrected chi connectivity index (χ0v) is 7.35. The van der Waals surface area contributed by atoms with Gasteiger partial charge in [0.15, 0.2) is 0 Å². The molecule has 1 aromatic heterocycles. The Kier molecular flexibility index (Phi) is 2.01. The average Bonchev–Trinajstić information content (AvgIpc) is 2.14. The smallest absolute Gasteiger partial charge is 0.115 e. The third-order valence-corrected chi connectivity index (χ3v) is 2.77. The van der Waals surface area contributed by atoms with E-state index in [1.807, 2.05) is 6.07 Å². The van der Waals surface area contributed by atoms with Crippen LogP contribution in [-0.4, -0.2) is 27.7 Å². The zero-order chi connectivity index (χ0) is 9.31. The molecule has 0 spiro atoms. The lowest BCUT2D eigenvalue weighted by Gasteiger charge is -2.44. The third kappa shape index (κ3) is 1.32. The molecule has 4 heteroatoms. The molecule has 1 heterocycles. The lowest BCUT2D eigenvalue weighted by Crippen LogP contribution is -2.50. The summed E-state index contributed by atoms with van der Waals surface area (Å²) in [5.74, 6) is 0. The number of nitrogens with two attached hydrogens (primary N) is 1. The fourth-order valence-corrected chi connectivity index (χ4v) is 1.93. The number of aliphatic hydroxyl groups excluding tert-OH is 1. The summed E-state index contributed by atoms with van der Waals surface area (Å²) in [4.78, 5) is 8.03. The average molecular weight is 179 g/mol. The number of hydrogen-bond acceptors (Lipinski definition) is 4. The molecule has 0 aliphatic heterocycles. The van der Waals surface area contributed by atoms with Crippen LogP contribution in [0.1, 0.15) is 18.5 Å². The predicted molar refractivity (Wildman–Crippen MR) is 48.0 cm³/mol. The van der Waals surface area contributed by atoms with Gasteiger partial charge in [0.1, 0.15) is 6.33 Å². The number of aromatic nitrogens is 2. The van der Waals surface area contributed by atoms with Crippen molar-refractivity contribution in [3.05, 3.63) is 24.3 Å². The molecule has 0 radical (unpaired) electrons. The molecule has 0 saturated heterocycles. The second kappa shape index (κ2) is 3.05. The normalized spacial score (nSPS) is 32.6. The van der Waals surface area contributed by atoms with Gasteiger partial charge in [-0.2, -0.15) is 0 Å². The van der Waals surface area contributed by atoms with Crippen LogP contribution in [-0.2, 0) is 5.41 Å². The fraction of sp³-hybridized carbons (Fsp3) is 0.556. The van der Waals surface area contributed by atoms with Gasteiger partial charge in [0, 0.05) is 18.2 Å². The monoisotopic (exact) mass is 179 g/mol. The predicted octanol–water partition coefficient (Wildman–Crippen LogP) is -0.172. The Hall–Kier alpha value is -1.00. The van der Waals surface area contributed by atoms with Crippen LogP contribution in [0, 0.1) is 0 Å². The molecule has 1 saturated carbocycles. The number of aliphatic hydroxyl groups is 1. The summed E-state index contributed by atoms with van der Waals surface area (Å²) in [5, 5.41) is 9.28. The summed E-state index contributed by atoms with van der Waals surface area (Å²) >= 11 is 0. The maximum atomic E-state index is 9.28. The Balaban J connectivity index is 2.24. The third-order valence-electron chi connectivity index (χ3n) is 2.77. The van der Waals surface area contributed by atoms with Gasteiger partial charge in [0.05, 0.1) is 11.8 Å². The first kappa shape index (κ1) is 8.59. The van der Waals surface area contributed by atoms with Crippen molar-refractivity contribution in [2.75, 3.05) is 6.54 Å². The van der Waals surface area contributed by atoms with Gasteiger partial charge in [0.2, 0.25) is 0 Å². The first-order chi connectivity index (χ1) is 6.27. The highest BCUT2D eigenvalue weighted by molar-refractivity contribution is 5.21. The molecule has 0 bridgehead atoms. The maximum absolute atomic E-state index is 9.28. The van der Waals surface area contributed by atoms with Gasteiger partial charge in [-0.3, -0.25) is 0 Å². The van der Waals surface area contributed by atoms with Crippen molar-refractivity contribution in [1.29, 1.82) is 0 Å². The van der Waals surface area contributed by atoms with Crippen LogP contribution in [0.2, 0.25) is 0 Å². The first-order valence-corrected chi connectivity index (χ1v) is 4.41. The van der Waals surface area contributed by atoms with Gasteiger partial charge < -0.3 is 10.8 Å². The highest BCUT2D eigenvalue weighted by Gasteiger charge is 2.44. The molecular weight excluding hydrogens is 166 g/mol. The quantitative estimate of drug-likeness (QED) is 0.661. The summed E-state index contributed by atoms with van der Waals surface area (Å²) in [6.45, 7) is 0.543. The van der Waals surface area contributed by atoms with Crippen LogP contribution in [0.4, 0.5) is 0 Å². The van der Waals surface area contributed by atoms with Crippen molar-refractivity contribution in [3.8, 4) is 0 Å². The maximum Gasteiger partial charge on any atom is 0.115 e. The molecule has 0 aromatic carbocycles. The Morgan fingerprint density at radius 1 is 1.62 bits per heavy atom. The van der Waals surface area contributed by atoms with Crippen molar-refractivity contribution in [2.24, 2.45) is 5.73 Å². The van der Waals surface area contributed by atoms with Crippen LogP contribution in [0.3, 0.4) is 0 Å². The molecule has 70 valence electrons. The summed E-state index contributed by atoms with van der Waals surface area (Å²) in [6.07, 6.45) is 4.47. The van der Waals surface area contributed by atoms with Gasteiger partial charge in [-0.25, -0.2) is 9.97 Å². The molecule has 0 amide bonds. The molecule has 1 aliphatic rings. The summed E-state index contributed by atoms with van der Waals surface area (Å²) < 4.78 is 0. The van der Waals surface area contributed by atoms with Crippen molar-refractivity contribution in [1.82, 2.24) is 9.97 Å². The SMILES string of the molecule is NCC1(c2ccncn2)CC(O)C1. The van der Waals surface area contributed by atoms with Crippen molar-refractivity contribution >= 4 is 0 Å². The highest BCUT2D eigenvalue weighted by Crippen LogP contribution is 2.41. The molecule has 0 unspecified atom stereocenters. The number of rotatable bonds is 2. The Bertz CT molecular complexity index is 282. The molecular formula is C9H13N3O. The lowest BCUT2D eigenvalue weighted by atomic mass is 9.64. The van der Waals surface area contributed by atoms with Crippen molar-refractivity contribution in [3.63, 3.8) is 0 Å². The second-order valence-corrected chi connectivity index (χ2v) is 3.64. The first-order valence-electron chi connectivity index (χ1n) is 4.41. The van der Waals surface area contributed by atoms with Gasteiger partial charge in [-0.05, 0) is 18.9 Å². The lowest BCUT2D eigenvalue weighted by molar-refractivity contribution is 0.0200. The molecule has 13 heavy (non-hydrogen) atoms. The number of hydrogen-bond donors (Lipinski definition) is 2. The highest BCUT2D eigenvalue weighted by atomic mass is 16.3. The second-order valence-electron chi connectivity index (χ2n) is 3.64. The fourth-order valence-electron chi connectivity index (χ4n) is 1.93. The molecule has 1 fully saturated rings. The van der Waals surface area contributed by atoms with Gasteiger partial charge >= 0.3 is 0 Å². The van der Waals surface area contributed by atoms with E-state index in [0.717, 1.165) is 18.5 Å². The zero-order valence-electron chi connectivity index (χ0n) is 7.35. The minimum atomic E-state index is -0.210. The minimum Gasteiger partial charge on any atom is -0.393 e. The van der Waals surface area contributed by atoms with E-state index >= 15 is 0 Å². The van der Waals surface area contributed by atoms with E-state index in [-0.39, 0.29) is 11.5 Å². The Morgan fingerprint density at radius 3 is 2.85 bits per heavy atom. The summed E-state index contributed by atoms with van der Waals surface area (Å²) in [5.41, 5.74) is 6.55. The molecule has 3 N–H and O–H groups in total. The van der Waals surface area contributed by atoms with Crippen molar-refractivity contribution < 1.29 is 5.11 Å². The summed E-state index contributed by atoms with van der Waals surface area (Å²) in [6, 6.07) is 1.87. The van der Waals surface area contributed by atoms with E-state index in [0.29, 0.717) is 6.54 Å². The minimum absolute atomic E-state index is 0.0949. The largest absolute Gasteiger partial charge is 0.393 e. The number of nitrogens with zero attached hydrogens (tertiary/aromatic N) is 2. The molecule has 4 nitrogen and oxygen atoms in total. The molecule has 1 aromatic rings. The van der Waals surface area contributed by atoms with Crippen LogP contribution >= 0.6 is 0 Å². The van der Waals surface area contributed by atoms with Gasteiger partial charge in [0.25, 0.3) is 0 Å². The standard InChI is InChI=1S/C9H13N3O/c10-5-9(3-7(13)4-9)8-1-2-11-6-12-8/h1-2,6-7,13H,3-5,10H2. The Labute approximate surface area is 76.8 Å². The molecule has 0 atom stereocenters. The van der Waals surface area contributed by atoms with E-state index in [2.05, 4.69) is 9.97 Å². The molecule has 2 rings (SSSR count). The molecule has 1 aliphatic carbocycles. The van der Waals surface area contributed by atoms with E-state index in [9.17, 15) is 5.11 Å². The van der Waals surface area contributed by atoms with Gasteiger partial charge in [-0.1, -0.05) is 0 Å². The van der Waals surface area contributed by atoms with E-state index in [4.69, 9.17) is 5.73 Å². The Morgan fingerprint density at radius 2 is 2.38 bits per heavy atom. The van der Waals surface area contributed by atoms with Crippen LogP contribution < -0.4 is 5.73 Å². The van der Waals surface area contributed by atoms with E-state index < -0.39 is 0 Å². The van der Waals surface area contributed by atoms with Crippen LogP contribution in [0.25, 0.3) is 0 Å². The van der Waals surface area contributed by atoms with E-state index in [1.165, 1.54) is 6.33 Å². The van der Waals surface area contributed by atoms with Crippen molar-refractivity contribution in [2.45, 2.75) is 24.4 Å². The topological polar surface area (TPSA) is 72.0 Å². The van der Waals surface area contributed by atoms with Crippen LogP contribution in [0.5, 0.6) is 0 Å². The summed E-state index contributed by atoms with van der Waals surface area (Å²) in [7, 11) is 0. The van der Waals surface area contributed by atoms with Crippen LogP contribution in [0.15, 0.2) is 18.6 Å². The van der Waals surface area contributed by atoms with Gasteiger partial charge in [-0.15, -0.1) is 0 Å².